The normalized spacial score (nSPS) is 12.2. The summed E-state index contributed by atoms with van der Waals surface area (Å²) >= 11 is 14.0. The van der Waals surface area contributed by atoms with Crippen molar-refractivity contribution in [3.05, 3.63) is 58.1 Å². The molecule has 1 unspecified atom stereocenters. The molecular weight excluding hydrogens is 309 g/mol. The van der Waals surface area contributed by atoms with Gasteiger partial charge in [-0.2, -0.15) is 0 Å². The van der Waals surface area contributed by atoms with Gasteiger partial charge in [0.25, 0.3) is 0 Å². The van der Waals surface area contributed by atoms with Gasteiger partial charge in [-0.3, -0.25) is 0 Å². The minimum absolute atomic E-state index is 0.174. The van der Waals surface area contributed by atoms with Gasteiger partial charge in [0.15, 0.2) is 0 Å². The van der Waals surface area contributed by atoms with Crippen molar-refractivity contribution < 1.29 is 0 Å². The summed E-state index contributed by atoms with van der Waals surface area (Å²) in [5.41, 5.74) is 2.22. The summed E-state index contributed by atoms with van der Waals surface area (Å²) in [6, 6.07) is 14.1. The molecule has 0 radical (unpaired) electrons. The van der Waals surface area contributed by atoms with Crippen LogP contribution in [-0.2, 0) is 0 Å². The number of anilines is 1. The van der Waals surface area contributed by atoms with Gasteiger partial charge in [-0.15, -0.1) is 11.8 Å². The van der Waals surface area contributed by atoms with Crippen LogP contribution in [0.3, 0.4) is 0 Å². The topological polar surface area (TPSA) is 12.0 Å². The van der Waals surface area contributed by atoms with Gasteiger partial charge in [0.1, 0.15) is 0 Å². The number of nitrogens with one attached hydrogen (secondary N) is 1. The molecule has 2 rings (SSSR count). The van der Waals surface area contributed by atoms with Crippen LogP contribution in [0, 0.1) is 0 Å². The molecule has 0 aliphatic rings. The molecule has 0 saturated carbocycles. The molecule has 0 bridgehead atoms. The second-order valence-electron chi connectivity index (χ2n) is 4.47. The summed E-state index contributed by atoms with van der Waals surface area (Å²) in [4.78, 5) is 1.23. The first-order chi connectivity index (χ1) is 9.65. The first-order valence-corrected chi connectivity index (χ1v) is 8.48. The Morgan fingerprint density at radius 3 is 2.55 bits per heavy atom. The van der Waals surface area contributed by atoms with Crippen molar-refractivity contribution in [2.45, 2.75) is 24.3 Å². The molecule has 0 aliphatic heterocycles. The highest BCUT2D eigenvalue weighted by molar-refractivity contribution is 7.98. The molecule has 1 nitrogen and oxygen atoms in total. The van der Waals surface area contributed by atoms with Crippen LogP contribution in [0.25, 0.3) is 0 Å². The first kappa shape index (κ1) is 15.6. The van der Waals surface area contributed by atoms with Crippen molar-refractivity contribution >= 4 is 40.7 Å². The van der Waals surface area contributed by atoms with E-state index in [9.17, 15) is 0 Å². The zero-order valence-electron chi connectivity index (χ0n) is 11.5. The molecule has 20 heavy (non-hydrogen) atoms. The number of halogens is 2. The lowest BCUT2D eigenvalue weighted by atomic mass is 10.0. The number of hydrogen-bond donors (Lipinski definition) is 1. The number of benzene rings is 2. The van der Waals surface area contributed by atoms with Crippen LogP contribution in [0.5, 0.6) is 0 Å². The van der Waals surface area contributed by atoms with Crippen LogP contribution >= 0.6 is 35.0 Å². The van der Waals surface area contributed by atoms with Gasteiger partial charge in [-0.25, -0.2) is 0 Å². The van der Waals surface area contributed by atoms with Crippen LogP contribution in [0.1, 0.15) is 24.9 Å². The maximum Gasteiger partial charge on any atom is 0.0526 e. The second-order valence-corrected chi connectivity index (χ2v) is 6.16. The summed E-state index contributed by atoms with van der Waals surface area (Å²) in [6.45, 7) is 2.14. The Balaban J connectivity index is 2.29. The summed E-state index contributed by atoms with van der Waals surface area (Å²) in [6.07, 6.45) is 3.03. The molecule has 4 heteroatoms. The summed E-state index contributed by atoms with van der Waals surface area (Å²) in [5, 5.41) is 4.95. The van der Waals surface area contributed by atoms with E-state index in [-0.39, 0.29) is 6.04 Å². The van der Waals surface area contributed by atoms with Crippen LogP contribution in [0.4, 0.5) is 5.69 Å². The number of para-hydroxylation sites is 1. The van der Waals surface area contributed by atoms with Gasteiger partial charge in [0.2, 0.25) is 0 Å². The molecule has 106 valence electrons. The van der Waals surface area contributed by atoms with E-state index in [0.29, 0.717) is 10.0 Å². The Hall–Kier alpha value is -0.830. The number of rotatable bonds is 5. The minimum Gasteiger partial charge on any atom is -0.377 e. The Morgan fingerprint density at radius 2 is 1.90 bits per heavy atom. The standard InChI is InChI=1S/C16H17Cl2NS/c1-3-14(12-9-8-11(17)10-13(12)18)19-15-6-4-5-7-16(15)20-2/h4-10,14,19H,3H2,1-2H3. The van der Waals surface area contributed by atoms with Gasteiger partial charge in [0, 0.05) is 20.6 Å². The third-order valence-electron chi connectivity index (χ3n) is 3.18. The van der Waals surface area contributed by atoms with Crippen LogP contribution < -0.4 is 5.32 Å². The predicted molar refractivity (Wildman–Crippen MR) is 91.3 cm³/mol. The monoisotopic (exact) mass is 325 g/mol. The molecule has 0 aliphatic carbocycles. The van der Waals surface area contributed by atoms with Gasteiger partial charge in [0.05, 0.1) is 6.04 Å². The molecule has 1 N–H and O–H groups in total. The molecule has 1 atom stereocenters. The first-order valence-electron chi connectivity index (χ1n) is 6.50. The lowest BCUT2D eigenvalue weighted by Crippen LogP contribution is -2.10. The lowest BCUT2D eigenvalue weighted by molar-refractivity contribution is 0.747. The van der Waals surface area contributed by atoms with E-state index in [1.165, 1.54) is 4.90 Å². The summed E-state index contributed by atoms with van der Waals surface area (Å²) in [5.74, 6) is 0. The van der Waals surface area contributed by atoms with E-state index < -0.39 is 0 Å². The van der Waals surface area contributed by atoms with Crippen molar-refractivity contribution in [3.8, 4) is 0 Å². The smallest absolute Gasteiger partial charge is 0.0526 e. The quantitative estimate of drug-likeness (QED) is 0.649. The van der Waals surface area contributed by atoms with E-state index in [0.717, 1.165) is 17.7 Å². The van der Waals surface area contributed by atoms with E-state index in [2.05, 4.69) is 30.6 Å². The fourth-order valence-electron chi connectivity index (χ4n) is 2.14. The Bertz CT molecular complexity index is 586. The number of hydrogen-bond acceptors (Lipinski definition) is 2. The molecule has 0 aromatic heterocycles. The van der Waals surface area contributed by atoms with Crippen LogP contribution in [-0.4, -0.2) is 6.26 Å². The molecule has 0 spiro atoms. The Morgan fingerprint density at radius 1 is 1.15 bits per heavy atom. The van der Waals surface area contributed by atoms with Crippen LogP contribution in [0.15, 0.2) is 47.4 Å². The zero-order chi connectivity index (χ0) is 14.5. The fourth-order valence-corrected chi connectivity index (χ4v) is 3.24. The van der Waals surface area contributed by atoms with Gasteiger partial charge >= 0.3 is 0 Å². The second kappa shape index (κ2) is 7.26. The molecule has 2 aromatic rings. The Labute approximate surface area is 134 Å². The van der Waals surface area contributed by atoms with Gasteiger partial charge < -0.3 is 5.32 Å². The molecular formula is C16H17Cl2NS. The molecule has 0 amide bonds. The van der Waals surface area contributed by atoms with Crippen molar-refractivity contribution in [1.82, 2.24) is 0 Å². The zero-order valence-corrected chi connectivity index (χ0v) is 13.8. The van der Waals surface area contributed by atoms with Crippen molar-refractivity contribution in [2.75, 3.05) is 11.6 Å². The largest absolute Gasteiger partial charge is 0.377 e. The molecule has 0 heterocycles. The predicted octanol–water partition coefficient (Wildman–Crippen LogP) is 6.28. The maximum atomic E-state index is 6.31. The van der Waals surface area contributed by atoms with Gasteiger partial charge in [-0.05, 0) is 42.5 Å². The highest BCUT2D eigenvalue weighted by atomic mass is 35.5. The SMILES string of the molecule is CCC(Nc1ccccc1SC)c1ccc(Cl)cc1Cl. The van der Waals surface area contributed by atoms with E-state index in [4.69, 9.17) is 23.2 Å². The van der Waals surface area contributed by atoms with E-state index in [1.54, 1.807) is 17.8 Å². The average Bonchev–Trinajstić information content (AvgIpc) is 2.46. The van der Waals surface area contributed by atoms with Crippen molar-refractivity contribution in [1.29, 1.82) is 0 Å². The Kier molecular flexibility index (Phi) is 5.64. The summed E-state index contributed by atoms with van der Waals surface area (Å²) in [7, 11) is 0. The number of thioether (sulfide) groups is 1. The van der Waals surface area contributed by atoms with Crippen molar-refractivity contribution in [2.24, 2.45) is 0 Å². The third-order valence-corrected chi connectivity index (χ3v) is 4.54. The van der Waals surface area contributed by atoms with Crippen LogP contribution in [0.2, 0.25) is 10.0 Å². The molecule has 0 fully saturated rings. The lowest BCUT2D eigenvalue weighted by Gasteiger charge is -2.21. The minimum atomic E-state index is 0.174. The van der Waals surface area contributed by atoms with E-state index in [1.807, 2.05) is 24.3 Å². The highest BCUT2D eigenvalue weighted by Gasteiger charge is 2.14. The maximum absolute atomic E-state index is 6.31. The van der Waals surface area contributed by atoms with Crippen molar-refractivity contribution in [3.63, 3.8) is 0 Å². The highest BCUT2D eigenvalue weighted by Crippen LogP contribution is 2.33. The van der Waals surface area contributed by atoms with E-state index >= 15 is 0 Å². The van der Waals surface area contributed by atoms with Gasteiger partial charge in [-0.1, -0.05) is 48.3 Å². The average molecular weight is 326 g/mol. The molecule has 2 aromatic carbocycles. The fraction of sp³-hybridized carbons (Fsp3) is 0.250. The third kappa shape index (κ3) is 3.63. The molecule has 0 saturated heterocycles. The summed E-state index contributed by atoms with van der Waals surface area (Å²) < 4.78 is 0.